The molecule has 0 aromatic heterocycles. The maximum absolute atomic E-state index is 11.9. The second kappa shape index (κ2) is 13.5. The number of ether oxygens (including phenoxy) is 4. The van der Waals surface area contributed by atoms with E-state index >= 15 is 0 Å². The lowest BCUT2D eigenvalue weighted by Gasteiger charge is -2.37. The van der Waals surface area contributed by atoms with E-state index < -0.39 is 11.2 Å². The van der Waals surface area contributed by atoms with Crippen molar-refractivity contribution in [3.63, 3.8) is 0 Å². The molecule has 0 spiro atoms. The van der Waals surface area contributed by atoms with Gasteiger partial charge in [0.05, 0.1) is 25.3 Å². The fraction of sp³-hybridized carbons (Fsp3) is 0.917. The van der Waals surface area contributed by atoms with Gasteiger partial charge in [0.15, 0.2) is 0 Å². The van der Waals surface area contributed by atoms with E-state index in [0.717, 1.165) is 12.8 Å². The van der Waals surface area contributed by atoms with Crippen LogP contribution in [-0.4, -0.2) is 98.9 Å². The van der Waals surface area contributed by atoms with Crippen LogP contribution in [0.5, 0.6) is 0 Å². The average molecular weight is 489 g/mol. The van der Waals surface area contributed by atoms with E-state index in [-0.39, 0.29) is 24.4 Å². The minimum atomic E-state index is -0.454. The van der Waals surface area contributed by atoms with Gasteiger partial charge in [0.25, 0.3) is 0 Å². The number of amides is 2. The molecule has 10 nitrogen and oxygen atoms in total. The Labute approximate surface area is 205 Å². The molecule has 2 fully saturated rings. The number of carbonyl (C=O) groups is 2. The Bertz CT molecular complexity index is 580. The van der Waals surface area contributed by atoms with E-state index in [2.05, 4.69) is 0 Å². The first-order valence-corrected chi connectivity index (χ1v) is 12.2. The van der Waals surface area contributed by atoms with E-state index in [4.69, 9.17) is 30.4 Å². The largest absolute Gasteiger partial charge is 0.444 e. The first-order valence-electron chi connectivity index (χ1n) is 12.2. The van der Waals surface area contributed by atoms with Crippen molar-refractivity contribution >= 4 is 12.2 Å². The molecule has 2 amide bonds. The Kier molecular flexibility index (Phi) is 12.0. The Hall–Kier alpha value is -1.62. The maximum Gasteiger partial charge on any atom is 0.410 e. The lowest BCUT2D eigenvalue weighted by Crippen LogP contribution is -2.50. The Balaban J connectivity index is 0.000000340. The van der Waals surface area contributed by atoms with Crippen LogP contribution in [0.1, 0.15) is 54.4 Å². The molecular weight excluding hydrogens is 440 g/mol. The summed E-state index contributed by atoms with van der Waals surface area (Å²) in [5.74, 6) is 0.664. The quantitative estimate of drug-likeness (QED) is 0.617. The normalized spacial score (nSPS) is 25.8. The minimum absolute atomic E-state index is 0.0151. The summed E-state index contributed by atoms with van der Waals surface area (Å²) in [6.07, 6.45) is 1.23. The van der Waals surface area contributed by atoms with Crippen LogP contribution in [-0.2, 0) is 18.9 Å². The molecular formula is C24H48N4O6. The van der Waals surface area contributed by atoms with Gasteiger partial charge in [0.2, 0.25) is 0 Å². The SMILES string of the molecule is CO[C@@H]1CN(C(=O)OC(C)(C)C)CC[C@@H]1CN.CO[C@H]1CN(C(=O)OC(C)(C)C)CC[C@H]1CN. The molecule has 34 heavy (non-hydrogen) atoms. The van der Waals surface area contributed by atoms with Crippen molar-refractivity contribution < 1.29 is 28.5 Å². The third-order valence-electron chi connectivity index (χ3n) is 5.91. The van der Waals surface area contributed by atoms with Gasteiger partial charge in [-0.2, -0.15) is 0 Å². The van der Waals surface area contributed by atoms with E-state index in [1.54, 1.807) is 24.0 Å². The fourth-order valence-corrected chi connectivity index (χ4v) is 3.99. The Morgan fingerprint density at radius 1 is 0.735 bits per heavy atom. The van der Waals surface area contributed by atoms with Crippen molar-refractivity contribution in [2.24, 2.45) is 23.3 Å². The Morgan fingerprint density at radius 3 is 1.29 bits per heavy atom. The number of piperidine rings is 2. The van der Waals surface area contributed by atoms with Gasteiger partial charge in [-0.1, -0.05) is 0 Å². The molecule has 0 bridgehead atoms. The molecule has 10 heteroatoms. The van der Waals surface area contributed by atoms with Crippen LogP contribution < -0.4 is 11.5 Å². The smallest absolute Gasteiger partial charge is 0.410 e. The number of hydrogen-bond donors (Lipinski definition) is 2. The zero-order chi connectivity index (χ0) is 26.1. The summed E-state index contributed by atoms with van der Waals surface area (Å²) in [5, 5.41) is 0. The monoisotopic (exact) mass is 488 g/mol. The van der Waals surface area contributed by atoms with Gasteiger partial charge in [-0.3, -0.25) is 0 Å². The summed E-state index contributed by atoms with van der Waals surface area (Å²) in [5.41, 5.74) is 10.4. The molecule has 2 heterocycles. The van der Waals surface area contributed by atoms with E-state index in [0.29, 0.717) is 51.1 Å². The molecule has 0 unspecified atom stereocenters. The third kappa shape index (κ3) is 10.3. The molecule has 2 saturated heterocycles. The summed E-state index contributed by atoms with van der Waals surface area (Å²) in [4.78, 5) is 27.2. The van der Waals surface area contributed by atoms with Crippen molar-refractivity contribution in [2.75, 3.05) is 53.5 Å². The van der Waals surface area contributed by atoms with Gasteiger partial charge in [0.1, 0.15) is 11.2 Å². The highest BCUT2D eigenvalue weighted by Crippen LogP contribution is 2.22. The molecule has 0 aromatic carbocycles. The van der Waals surface area contributed by atoms with Gasteiger partial charge in [0, 0.05) is 39.1 Å². The molecule has 4 N–H and O–H groups in total. The van der Waals surface area contributed by atoms with Crippen LogP contribution in [0.15, 0.2) is 0 Å². The number of nitrogens with two attached hydrogens (primary N) is 2. The van der Waals surface area contributed by atoms with Crippen LogP contribution in [0.4, 0.5) is 9.59 Å². The molecule has 2 aliphatic rings. The highest BCUT2D eigenvalue weighted by Gasteiger charge is 2.34. The standard InChI is InChI=1S/2C12H24N2O3/c2*1-12(2,3)17-11(15)14-6-5-9(7-13)10(8-14)16-4/h2*9-10H,5-8,13H2,1-4H3/t2*9-,10-/m10/s1. The zero-order valence-electron chi connectivity index (χ0n) is 22.5. The van der Waals surface area contributed by atoms with Crippen LogP contribution in [0.25, 0.3) is 0 Å². The molecule has 0 aromatic rings. The third-order valence-corrected chi connectivity index (χ3v) is 5.91. The average Bonchev–Trinajstić information content (AvgIpc) is 2.76. The van der Waals surface area contributed by atoms with Crippen LogP contribution in [0, 0.1) is 11.8 Å². The second-order valence-corrected chi connectivity index (χ2v) is 11.0. The number of rotatable bonds is 4. The molecule has 2 aliphatic heterocycles. The lowest BCUT2D eigenvalue weighted by atomic mass is 9.94. The zero-order valence-corrected chi connectivity index (χ0v) is 22.5. The van der Waals surface area contributed by atoms with Crippen LogP contribution in [0.2, 0.25) is 0 Å². The summed E-state index contributed by atoms with van der Waals surface area (Å²) in [7, 11) is 3.32. The van der Waals surface area contributed by atoms with Gasteiger partial charge in [-0.25, -0.2) is 9.59 Å². The number of methoxy groups -OCH3 is 2. The summed E-state index contributed by atoms with van der Waals surface area (Å²) in [6.45, 7) is 14.9. The summed E-state index contributed by atoms with van der Waals surface area (Å²) < 4.78 is 21.4. The van der Waals surface area contributed by atoms with Crippen molar-refractivity contribution in [3.05, 3.63) is 0 Å². The predicted molar refractivity (Wildman–Crippen MR) is 132 cm³/mol. The predicted octanol–water partition coefficient (Wildman–Crippen LogP) is 2.43. The maximum atomic E-state index is 11.9. The number of likely N-dealkylation sites (tertiary alicyclic amines) is 2. The Morgan fingerprint density at radius 2 is 1.06 bits per heavy atom. The van der Waals surface area contributed by atoms with Crippen molar-refractivity contribution in [3.8, 4) is 0 Å². The highest BCUT2D eigenvalue weighted by atomic mass is 16.6. The van der Waals surface area contributed by atoms with Crippen molar-refractivity contribution in [2.45, 2.75) is 77.8 Å². The topological polar surface area (TPSA) is 130 Å². The minimum Gasteiger partial charge on any atom is -0.444 e. The molecule has 2 rings (SSSR count). The molecule has 0 radical (unpaired) electrons. The van der Waals surface area contributed by atoms with E-state index in [9.17, 15) is 9.59 Å². The summed E-state index contributed by atoms with van der Waals surface area (Å²) in [6, 6.07) is 0. The number of hydrogen-bond acceptors (Lipinski definition) is 8. The molecule has 4 atom stereocenters. The van der Waals surface area contributed by atoms with Crippen molar-refractivity contribution in [1.29, 1.82) is 0 Å². The van der Waals surface area contributed by atoms with E-state index in [1.807, 2.05) is 41.5 Å². The highest BCUT2D eigenvalue weighted by molar-refractivity contribution is 5.68. The summed E-state index contributed by atoms with van der Waals surface area (Å²) >= 11 is 0. The second-order valence-electron chi connectivity index (χ2n) is 11.0. The first kappa shape index (κ1) is 30.4. The van der Waals surface area contributed by atoms with Crippen LogP contribution in [0.3, 0.4) is 0 Å². The van der Waals surface area contributed by atoms with Gasteiger partial charge in [-0.15, -0.1) is 0 Å². The van der Waals surface area contributed by atoms with Gasteiger partial charge in [-0.05, 0) is 67.5 Å². The van der Waals surface area contributed by atoms with Gasteiger partial charge < -0.3 is 40.2 Å². The van der Waals surface area contributed by atoms with Crippen molar-refractivity contribution in [1.82, 2.24) is 9.80 Å². The molecule has 0 aliphatic carbocycles. The fourth-order valence-electron chi connectivity index (χ4n) is 3.99. The molecule has 0 saturated carbocycles. The van der Waals surface area contributed by atoms with E-state index in [1.165, 1.54) is 0 Å². The number of carbonyl (C=O) groups excluding carboxylic acids is 2. The van der Waals surface area contributed by atoms with Crippen LogP contribution >= 0.6 is 0 Å². The lowest BCUT2D eigenvalue weighted by molar-refractivity contribution is -0.0268. The number of nitrogens with zero attached hydrogens (tertiary/aromatic N) is 2. The first-order chi connectivity index (χ1) is 15.7. The van der Waals surface area contributed by atoms with Gasteiger partial charge >= 0.3 is 12.2 Å². The molecule has 200 valence electrons.